The van der Waals surface area contributed by atoms with Gasteiger partial charge in [-0.05, 0) is 37.2 Å². The van der Waals surface area contributed by atoms with Gasteiger partial charge in [0, 0.05) is 12.8 Å². The maximum Gasteiger partial charge on any atom is 0.323 e. The Kier molecular flexibility index (Phi) is 5.54. The zero-order valence-electron chi connectivity index (χ0n) is 10.9. The molecule has 102 valence electrons. The van der Waals surface area contributed by atoms with Gasteiger partial charge in [-0.15, -0.1) is 5.10 Å². The van der Waals surface area contributed by atoms with Crippen molar-refractivity contribution in [1.82, 2.24) is 25.5 Å². The van der Waals surface area contributed by atoms with Crippen molar-refractivity contribution in [2.75, 3.05) is 12.8 Å². The van der Waals surface area contributed by atoms with E-state index in [1.54, 1.807) is 37.5 Å². The Morgan fingerprint density at radius 2 is 2.28 bits per heavy atom. The molecule has 0 saturated heterocycles. The quantitative estimate of drug-likeness (QED) is 0.527. The van der Waals surface area contributed by atoms with E-state index in [1.165, 1.54) is 0 Å². The summed E-state index contributed by atoms with van der Waals surface area (Å²) in [6.45, 7) is 1.70. The van der Waals surface area contributed by atoms with Crippen molar-refractivity contribution in [3.05, 3.63) is 0 Å². The standard InChI is InChI=1S/C10H19N5O2S/c1-10(11-2,8(16)17)6-4-5-7-18-9-12-13-14-15(9)3/h11H,4-7H2,1-3H3,(H,16,17). The minimum atomic E-state index is -0.836. The van der Waals surface area contributed by atoms with Gasteiger partial charge in [0.15, 0.2) is 0 Å². The maximum absolute atomic E-state index is 11.0. The van der Waals surface area contributed by atoms with Gasteiger partial charge in [0.25, 0.3) is 0 Å². The van der Waals surface area contributed by atoms with E-state index in [4.69, 9.17) is 5.11 Å². The van der Waals surface area contributed by atoms with E-state index in [0.717, 1.165) is 23.8 Å². The van der Waals surface area contributed by atoms with Crippen LogP contribution in [0, 0.1) is 0 Å². The molecular weight excluding hydrogens is 254 g/mol. The Labute approximate surface area is 110 Å². The van der Waals surface area contributed by atoms with Crippen LogP contribution in [0.15, 0.2) is 5.16 Å². The minimum absolute atomic E-state index is 0.608. The van der Waals surface area contributed by atoms with Crippen molar-refractivity contribution in [1.29, 1.82) is 0 Å². The second-order valence-corrected chi connectivity index (χ2v) is 5.34. The fraction of sp³-hybridized carbons (Fsp3) is 0.800. The highest BCUT2D eigenvalue weighted by molar-refractivity contribution is 7.99. The second-order valence-electron chi connectivity index (χ2n) is 4.28. The SMILES string of the molecule is CNC(C)(CCCCSc1nnnn1C)C(=O)O. The Morgan fingerprint density at radius 3 is 2.78 bits per heavy atom. The molecule has 2 N–H and O–H groups in total. The summed E-state index contributed by atoms with van der Waals surface area (Å²) < 4.78 is 1.62. The van der Waals surface area contributed by atoms with Crippen molar-refractivity contribution in [3.8, 4) is 0 Å². The van der Waals surface area contributed by atoms with E-state index in [0.29, 0.717) is 6.42 Å². The number of carboxylic acids is 1. The highest BCUT2D eigenvalue weighted by Crippen LogP contribution is 2.18. The number of thioether (sulfide) groups is 1. The van der Waals surface area contributed by atoms with Crippen LogP contribution >= 0.6 is 11.8 Å². The van der Waals surface area contributed by atoms with E-state index in [-0.39, 0.29) is 0 Å². The zero-order valence-corrected chi connectivity index (χ0v) is 11.7. The highest BCUT2D eigenvalue weighted by atomic mass is 32.2. The largest absolute Gasteiger partial charge is 0.480 e. The van der Waals surface area contributed by atoms with Crippen LogP contribution in [-0.2, 0) is 11.8 Å². The number of hydrogen-bond donors (Lipinski definition) is 2. The average molecular weight is 273 g/mol. The van der Waals surface area contributed by atoms with Gasteiger partial charge in [-0.25, -0.2) is 4.68 Å². The van der Waals surface area contributed by atoms with Crippen LogP contribution in [0.3, 0.4) is 0 Å². The lowest BCUT2D eigenvalue weighted by molar-refractivity contribution is -0.144. The van der Waals surface area contributed by atoms with Gasteiger partial charge in [-0.1, -0.05) is 18.2 Å². The summed E-state index contributed by atoms with van der Waals surface area (Å²) >= 11 is 1.58. The van der Waals surface area contributed by atoms with Gasteiger partial charge in [0.1, 0.15) is 5.54 Å². The second kappa shape index (κ2) is 6.69. The fourth-order valence-corrected chi connectivity index (χ4v) is 2.28. The number of aliphatic carboxylic acids is 1. The number of unbranched alkanes of at least 4 members (excludes halogenated alkanes) is 1. The molecular formula is C10H19N5O2S. The van der Waals surface area contributed by atoms with Crippen molar-refractivity contribution in [2.24, 2.45) is 7.05 Å². The number of carboxylic acid groups (broad SMARTS) is 1. The Bertz CT molecular complexity index is 397. The van der Waals surface area contributed by atoms with E-state index in [9.17, 15) is 4.79 Å². The average Bonchev–Trinajstić information content (AvgIpc) is 2.74. The van der Waals surface area contributed by atoms with Gasteiger partial charge >= 0.3 is 5.97 Å². The van der Waals surface area contributed by atoms with Crippen LogP contribution in [0.4, 0.5) is 0 Å². The molecule has 0 aromatic carbocycles. The molecule has 8 heteroatoms. The Balaban J connectivity index is 2.23. The summed E-state index contributed by atoms with van der Waals surface area (Å²) in [6.07, 6.45) is 2.39. The smallest absolute Gasteiger partial charge is 0.323 e. The van der Waals surface area contributed by atoms with Gasteiger partial charge < -0.3 is 10.4 Å². The number of aryl methyl sites for hydroxylation is 1. The third-order valence-corrected chi connectivity index (χ3v) is 4.00. The molecule has 1 heterocycles. The predicted octanol–water partition coefficient (Wildman–Crippen LogP) is 0.535. The molecule has 1 atom stereocenters. The van der Waals surface area contributed by atoms with Gasteiger partial charge in [0.05, 0.1) is 0 Å². The molecule has 18 heavy (non-hydrogen) atoms. The van der Waals surface area contributed by atoms with Gasteiger partial charge in [-0.3, -0.25) is 4.79 Å². The molecule has 0 fully saturated rings. The third kappa shape index (κ3) is 3.95. The minimum Gasteiger partial charge on any atom is -0.480 e. The molecule has 0 amide bonds. The first-order valence-corrected chi connectivity index (χ1v) is 6.75. The van der Waals surface area contributed by atoms with Crippen LogP contribution in [0.2, 0.25) is 0 Å². The number of aromatic nitrogens is 4. The molecule has 0 aliphatic rings. The first-order valence-electron chi connectivity index (χ1n) is 5.77. The van der Waals surface area contributed by atoms with Crippen LogP contribution in [0.5, 0.6) is 0 Å². The van der Waals surface area contributed by atoms with Gasteiger partial charge in [0.2, 0.25) is 5.16 Å². The van der Waals surface area contributed by atoms with E-state index >= 15 is 0 Å². The van der Waals surface area contributed by atoms with Crippen LogP contribution in [0.25, 0.3) is 0 Å². The van der Waals surface area contributed by atoms with Crippen molar-refractivity contribution >= 4 is 17.7 Å². The highest BCUT2D eigenvalue weighted by Gasteiger charge is 2.29. The summed E-state index contributed by atoms with van der Waals surface area (Å²) in [5, 5.41) is 23.9. The first-order chi connectivity index (χ1) is 8.49. The van der Waals surface area contributed by atoms with E-state index < -0.39 is 11.5 Å². The third-order valence-electron chi connectivity index (χ3n) is 2.91. The molecule has 1 unspecified atom stereocenters. The predicted molar refractivity (Wildman–Crippen MR) is 68.5 cm³/mol. The summed E-state index contributed by atoms with van der Waals surface area (Å²) in [5.41, 5.74) is -0.836. The number of nitrogens with zero attached hydrogens (tertiary/aromatic N) is 4. The summed E-state index contributed by atoms with van der Waals surface area (Å²) in [4.78, 5) is 11.0. The molecule has 1 aromatic heterocycles. The molecule has 0 saturated carbocycles. The molecule has 0 radical (unpaired) electrons. The number of rotatable bonds is 8. The molecule has 0 aliphatic carbocycles. The Hall–Kier alpha value is -1.15. The lowest BCUT2D eigenvalue weighted by atomic mass is 9.95. The van der Waals surface area contributed by atoms with Crippen LogP contribution < -0.4 is 5.32 Å². The number of nitrogens with one attached hydrogen (secondary N) is 1. The summed E-state index contributed by atoms with van der Waals surface area (Å²) in [7, 11) is 3.47. The number of hydrogen-bond acceptors (Lipinski definition) is 6. The van der Waals surface area contributed by atoms with E-state index in [2.05, 4.69) is 20.8 Å². The lowest BCUT2D eigenvalue weighted by Crippen LogP contribution is -2.47. The van der Waals surface area contributed by atoms with Crippen molar-refractivity contribution in [2.45, 2.75) is 36.9 Å². The molecule has 1 aromatic rings. The number of tetrazole rings is 1. The molecule has 0 bridgehead atoms. The topological polar surface area (TPSA) is 92.9 Å². The first kappa shape index (κ1) is 14.9. The van der Waals surface area contributed by atoms with Crippen molar-refractivity contribution in [3.63, 3.8) is 0 Å². The fourth-order valence-electron chi connectivity index (χ4n) is 1.43. The summed E-state index contributed by atoms with van der Waals surface area (Å²) in [5.74, 6) is 0.0725. The zero-order chi connectivity index (χ0) is 13.6. The molecule has 0 spiro atoms. The summed E-state index contributed by atoms with van der Waals surface area (Å²) in [6, 6.07) is 0. The lowest BCUT2D eigenvalue weighted by Gasteiger charge is -2.23. The number of likely N-dealkylation sites (N-methyl/N-ethyl adjacent to an activating group) is 1. The Morgan fingerprint density at radius 1 is 1.56 bits per heavy atom. The molecule has 1 rings (SSSR count). The molecule has 0 aliphatic heterocycles. The van der Waals surface area contributed by atoms with Crippen LogP contribution in [0.1, 0.15) is 26.2 Å². The van der Waals surface area contributed by atoms with E-state index in [1.807, 2.05) is 0 Å². The maximum atomic E-state index is 11.0. The van der Waals surface area contributed by atoms with Gasteiger partial charge in [-0.2, -0.15) is 0 Å². The van der Waals surface area contributed by atoms with Crippen LogP contribution in [-0.4, -0.2) is 49.6 Å². The molecule has 7 nitrogen and oxygen atoms in total. The monoisotopic (exact) mass is 273 g/mol. The number of carbonyl (C=O) groups is 1. The normalized spacial score (nSPS) is 14.4. The van der Waals surface area contributed by atoms with Crippen molar-refractivity contribution < 1.29 is 9.90 Å².